The Labute approximate surface area is 101 Å². The minimum absolute atomic E-state index is 0.390. The molecule has 1 aliphatic carbocycles. The molecule has 0 unspecified atom stereocenters. The molecule has 16 heavy (non-hydrogen) atoms. The molecule has 2 heteroatoms. The van der Waals surface area contributed by atoms with Crippen molar-refractivity contribution in [3.05, 3.63) is 65.3 Å². The van der Waals surface area contributed by atoms with Crippen molar-refractivity contribution in [2.75, 3.05) is 0 Å². The number of benzene rings is 1. The molecule has 1 nitrogen and oxygen atoms in total. The summed E-state index contributed by atoms with van der Waals surface area (Å²) in [4.78, 5) is 7.04. The molecule has 0 aliphatic heterocycles. The van der Waals surface area contributed by atoms with Gasteiger partial charge in [-0.2, -0.15) is 0 Å². The third-order valence-electron chi connectivity index (χ3n) is 2.63. The number of aromatic nitrogens is 1. The molecule has 0 spiro atoms. The normalized spacial score (nSPS) is 14.8. The fourth-order valence-corrected chi connectivity index (χ4v) is 3.61. The van der Waals surface area contributed by atoms with Crippen LogP contribution in [-0.2, 0) is 0 Å². The summed E-state index contributed by atoms with van der Waals surface area (Å²) in [6, 6.07) is 10.5. The predicted octanol–water partition coefficient (Wildman–Crippen LogP) is 3.02. The average molecular weight is 272 g/mol. The summed E-state index contributed by atoms with van der Waals surface area (Å²) in [5, 5.41) is 0. The van der Waals surface area contributed by atoms with E-state index in [-0.39, 0.29) is 0 Å². The van der Waals surface area contributed by atoms with Gasteiger partial charge < -0.3 is 0 Å². The van der Waals surface area contributed by atoms with E-state index < -0.39 is 0 Å². The first kappa shape index (κ1) is 9.83. The van der Waals surface area contributed by atoms with E-state index in [4.69, 9.17) is 4.98 Å². The molecule has 1 aromatic carbocycles. The van der Waals surface area contributed by atoms with Crippen molar-refractivity contribution >= 4 is 14.5 Å². The van der Waals surface area contributed by atoms with Gasteiger partial charge in [0.15, 0.2) is 0 Å². The quantitative estimate of drug-likeness (QED) is 0.766. The Hall–Kier alpha value is -1.37. The fourth-order valence-electron chi connectivity index (χ4n) is 1.78. The third-order valence-corrected chi connectivity index (χ3v) is 4.54. The summed E-state index contributed by atoms with van der Waals surface area (Å²) in [5.74, 6) is 0.406. The Balaban J connectivity index is 1.94. The van der Waals surface area contributed by atoms with E-state index in [0.29, 0.717) is 20.4 Å². The molecule has 0 atom stereocenters. The molecule has 1 aromatic heterocycles. The summed E-state index contributed by atoms with van der Waals surface area (Å²) in [6.45, 7) is 0. The molecule has 1 aliphatic rings. The van der Waals surface area contributed by atoms with Gasteiger partial charge in [-0.3, -0.25) is 0 Å². The third kappa shape index (κ3) is 1.82. The molecule has 0 bridgehead atoms. The van der Waals surface area contributed by atoms with Crippen molar-refractivity contribution in [2.24, 2.45) is 0 Å². The maximum absolute atomic E-state index is 4.74. The van der Waals surface area contributed by atoms with Crippen LogP contribution >= 0.6 is 0 Å². The van der Waals surface area contributed by atoms with Gasteiger partial charge >= 0.3 is 101 Å². The van der Waals surface area contributed by atoms with E-state index in [2.05, 4.69) is 53.5 Å². The number of rotatable bonds is 2. The van der Waals surface area contributed by atoms with Crippen molar-refractivity contribution < 1.29 is 0 Å². The summed E-state index contributed by atoms with van der Waals surface area (Å²) < 4.78 is 1.25. The molecule has 0 amide bonds. The first-order valence-corrected chi connectivity index (χ1v) is 7.14. The predicted molar refractivity (Wildman–Crippen MR) is 67.6 cm³/mol. The van der Waals surface area contributed by atoms with Crippen LogP contribution < -0.4 is 0 Å². The van der Waals surface area contributed by atoms with Crippen molar-refractivity contribution in [3.8, 4) is 10.1 Å². The number of allylic oxidation sites excluding steroid dienone is 4. The molecule has 0 saturated heterocycles. The Morgan fingerprint density at radius 2 is 1.75 bits per heavy atom. The zero-order valence-corrected chi connectivity index (χ0v) is 10.4. The van der Waals surface area contributed by atoms with E-state index >= 15 is 0 Å². The molecule has 78 valence electrons. The average Bonchev–Trinajstić information content (AvgIpc) is 3.01. The van der Waals surface area contributed by atoms with Crippen LogP contribution in [0.5, 0.6) is 0 Å². The molecule has 0 fully saturated rings. The summed E-state index contributed by atoms with van der Waals surface area (Å²) in [7, 11) is 0. The molecule has 3 rings (SSSR count). The molecule has 2 aromatic rings. The van der Waals surface area contributed by atoms with Gasteiger partial charge in [0.2, 0.25) is 0 Å². The first-order valence-electron chi connectivity index (χ1n) is 5.29. The topological polar surface area (TPSA) is 12.9 Å². The van der Waals surface area contributed by atoms with Crippen LogP contribution in [0.2, 0.25) is 0 Å². The van der Waals surface area contributed by atoms with Crippen LogP contribution in [0.3, 0.4) is 0 Å². The summed E-state index contributed by atoms with van der Waals surface area (Å²) in [6.07, 6.45) is 8.57. The van der Waals surface area contributed by atoms with Crippen LogP contribution in [0, 0.1) is 0 Å². The second-order valence-electron chi connectivity index (χ2n) is 3.74. The fraction of sp³-hybridized carbons (Fsp3) is 0.0714. The number of hydrogen-bond acceptors (Lipinski definition) is 1. The first-order chi connectivity index (χ1) is 7.93. The van der Waals surface area contributed by atoms with Crippen molar-refractivity contribution in [3.63, 3.8) is 0 Å². The van der Waals surface area contributed by atoms with Crippen molar-refractivity contribution in [1.29, 1.82) is 0 Å². The van der Waals surface area contributed by atoms with Gasteiger partial charge in [0.1, 0.15) is 0 Å². The van der Waals surface area contributed by atoms with Gasteiger partial charge in [-0.05, 0) is 0 Å². The van der Waals surface area contributed by atoms with Crippen molar-refractivity contribution in [2.45, 2.75) is 5.92 Å². The summed E-state index contributed by atoms with van der Waals surface area (Å²) in [5.41, 5.74) is 2.48. The molecule has 0 radical (unpaired) electrons. The Kier molecular flexibility index (Phi) is 2.61. The van der Waals surface area contributed by atoms with Crippen LogP contribution in [0.1, 0.15) is 11.6 Å². The van der Waals surface area contributed by atoms with Crippen LogP contribution in [-0.4, -0.2) is 19.5 Å². The van der Waals surface area contributed by atoms with E-state index in [1.165, 1.54) is 15.8 Å². The zero-order valence-electron chi connectivity index (χ0n) is 8.71. The van der Waals surface area contributed by atoms with Gasteiger partial charge in [-0.15, -0.1) is 0 Å². The molecule has 1 heterocycles. The number of hydrogen-bond donors (Lipinski definition) is 0. The van der Waals surface area contributed by atoms with Gasteiger partial charge in [-0.25, -0.2) is 0 Å². The maximum atomic E-state index is 4.74. The van der Waals surface area contributed by atoms with Crippen molar-refractivity contribution in [1.82, 2.24) is 4.98 Å². The standard InChI is InChI=1S/C14H11NSe/c1-2-8-12(9-3-1)14-15-13(10-16-14)11-6-4-5-7-11/h1-11H. The Bertz CT molecular complexity index is 525. The second-order valence-corrected chi connectivity index (χ2v) is 5.54. The van der Waals surface area contributed by atoms with Gasteiger partial charge in [0.05, 0.1) is 0 Å². The van der Waals surface area contributed by atoms with Crippen LogP contribution in [0.4, 0.5) is 0 Å². The Morgan fingerprint density at radius 1 is 1.00 bits per heavy atom. The Morgan fingerprint density at radius 3 is 2.50 bits per heavy atom. The van der Waals surface area contributed by atoms with Crippen LogP contribution in [0.15, 0.2) is 59.6 Å². The van der Waals surface area contributed by atoms with Gasteiger partial charge in [-0.1, -0.05) is 0 Å². The molecular formula is C14H11NSe. The second kappa shape index (κ2) is 4.25. The zero-order chi connectivity index (χ0) is 10.8. The van der Waals surface area contributed by atoms with E-state index in [1.54, 1.807) is 0 Å². The van der Waals surface area contributed by atoms with Gasteiger partial charge in [0, 0.05) is 0 Å². The summed E-state index contributed by atoms with van der Waals surface area (Å²) >= 11 is 0.390. The van der Waals surface area contributed by atoms with Crippen LogP contribution in [0.25, 0.3) is 10.1 Å². The number of nitrogens with zero attached hydrogens (tertiary/aromatic N) is 1. The SMILES string of the molecule is C1=CC(c2c[se]c(-c3ccccc3)n2)C=C1. The van der Waals surface area contributed by atoms with E-state index in [9.17, 15) is 0 Å². The van der Waals surface area contributed by atoms with E-state index in [1.807, 2.05) is 6.07 Å². The molecule has 0 N–H and O–H groups in total. The molecule has 0 saturated carbocycles. The molecular weight excluding hydrogens is 261 g/mol. The van der Waals surface area contributed by atoms with Gasteiger partial charge in [0.25, 0.3) is 0 Å². The monoisotopic (exact) mass is 273 g/mol. The van der Waals surface area contributed by atoms with E-state index in [0.717, 1.165) is 0 Å². The minimum atomic E-state index is 0.390.